The molecule has 0 aliphatic heterocycles. The molecule has 0 N–H and O–H groups in total. The first-order valence-corrected chi connectivity index (χ1v) is 32.1. The molecular weight excluding hydrogens is 1160 g/mol. The van der Waals surface area contributed by atoms with Crippen LogP contribution < -0.4 is 0 Å². The summed E-state index contributed by atoms with van der Waals surface area (Å²) < 4.78 is 5.25. The molecule has 0 saturated heterocycles. The Labute approximate surface area is 516 Å². The summed E-state index contributed by atoms with van der Waals surface area (Å²) in [7, 11) is 0. The van der Waals surface area contributed by atoms with E-state index in [1.54, 1.807) is 23.7 Å². The molecule has 88 heavy (non-hydrogen) atoms. The van der Waals surface area contributed by atoms with Crippen LogP contribution in [-0.4, -0.2) is 41.5 Å². The molecule has 0 unspecified atom stereocenters. The fourth-order valence-electron chi connectivity index (χ4n) is 13.5. The average Bonchev–Trinajstić information content (AvgIpc) is 1.35. The van der Waals surface area contributed by atoms with Crippen LogP contribution in [0.4, 0.5) is 0 Å². The monoisotopic (exact) mass is 1190 g/mol. The van der Waals surface area contributed by atoms with E-state index in [1.165, 1.54) is 77.2 Å². The van der Waals surface area contributed by atoms with E-state index in [1.807, 2.05) is 82.8 Å². The van der Waals surface area contributed by atoms with Crippen LogP contribution in [0, 0.1) is 0 Å². The largest absolute Gasteiger partial charge is 0.283 e. The summed E-state index contributed by atoms with van der Waals surface area (Å²) in [6.45, 7) is 0. The predicted octanol–water partition coefficient (Wildman–Crippen LogP) is 20.9. The quantitative estimate of drug-likeness (QED) is 0.0919. The van der Waals surface area contributed by atoms with Gasteiger partial charge in [-0.05, 0) is 123 Å². The number of pyridine rings is 2. The van der Waals surface area contributed by atoms with E-state index < -0.39 is 11.6 Å². The number of hydrogen-bond donors (Lipinski definition) is 0. The van der Waals surface area contributed by atoms with Crippen molar-refractivity contribution in [3.63, 3.8) is 0 Å². The summed E-state index contributed by atoms with van der Waals surface area (Å²) >= 11 is 7.28. The fourth-order valence-corrected chi connectivity index (χ4v) is 18.1. The number of aromatic nitrogens is 6. The van der Waals surface area contributed by atoms with Crippen LogP contribution in [-0.2, 0) is 0 Å². The molecule has 8 nitrogen and oxygen atoms in total. The van der Waals surface area contributed by atoms with Crippen LogP contribution in [0.2, 0.25) is 0 Å². The smallest absolute Gasteiger partial charge is 0.255 e. The second-order valence-electron chi connectivity index (χ2n) is 22.3. The van der Waals surface area contributed by atoms with Crippen molar-refractivity contribution in [3.05, 3.63) is 241 Å². The van der Waals surface area contributed by atoms with Crippen LogP contribution >= 0.6 is 45.3 Å². The zero-order chi connectivity index (χ0) is 57.9. The zero-order valence-electron chi connectivity index (χ0n) is 46.1. The molecule has 0 saturated carbocycles. The Hall–Kier alpha value is -10.6. The highest BCUT2D eigenvalue weighted by Crippen LogP contribution is 2.51. The Bertz CT molecular complexity index is 6020. The molecule has 10 aromatic carbocycles. The fraction of sp³-hybridized carbons (Fsp3) is 0. The molecule has 8 aromatic heterocycles. The number of ketones is 2. The summed E-state index contributed by atoms with van der Waals surface area (Å²) in [5.41, 5.74) is 11.1. The Balaban J connectivity index is 0.629. The minimum Gasteiger partial charge on any atom is -0.283 e. The third kappa shape index (κ3) is 7.34. The van der Waals surface area contributed by atoms with Gasteiger partial charge in [-0.1, -0.05) is 158 Å². The highest BCUT2D eigenvalue weighted by Gasteiger charge is 2.36. The van der Waals surface area contributed by atoms with Crippen LogP contribution in [0.25, 0.3) is 182 Å². The molecule has 0 radical (unpaired) electrons. The lowest BCUT2D eigenvalue weighted by atomic mass is 9.88. The summed E-state index contributed by atoms with van der Waals surface area (Å²) in [5, 5.41) is 20.2. The summed E-state index contributed by atoms with van der Waals surface area (Å²) in [6.07, 6.45) is 7.22. The van der Waals surface area contributed by atoms with E-state index in [4.69, 9.17) is 29.9 Å². The van der Waals surface area contributed by atoms with Crippen molar-refractivity contribution in [2.75, 3.05) is 0 Å². The van der Waals surface area contributed by atoms with Gasteiger partial charge in [0.05, 0.1) is 53.6 Å². The standard InChI is InChI=1S/C76H38N6O2S4/c83-71-69-67(68-70(72(71)84)82-58(38-80-68)62-51-11-3-7-15-55(51)64(56-16-8-4-12-52(56)62)60-34-46-26-22-42-28-30-86-74(42)76(46)88-60)79-37-57(81-69)40-19-17-39(18-20-40)47-31-43-23-24-44-32-48(36-78-66(44)65(43)77-35-47)61-49-9-1-5-13-53(49)63(54-14-6-2-10-50(54)61)59-33-45-25-21-41-27-29-85-73(41)75(45)87-59/h1-38H. The van der Waals surface area contributed by atoms with Crippen LogP contribution in [0.15, 0.2) is 230 Å². The van der Waals surface area contributed by atoms with Gasteiger partial charge in [-0.2, -0.15) is 0 Å². The molecule has 1 aliphatic carbocycles. The zero-order valence-corrected chi connectivity index (χ0v) is 49.3. The SMILES string of the molecule is O=C1C(=O)c2nc(-c3c4ccccc4c(-c4cc5ccc6ccsc6c5s4)c4ccccc34)cnc2-c2ncc(-c3ccc(-c4cnc5c(ccc6cc(-c7c8ccccc8c(-c8cc9ccc%10ccsc%10c9s8)c8ccccc78)cnc65)c4)cc3)nc21. The molecule has 12 heteroatoms. The second-order valence-corrected chi connectivity index (χ2v) is 26.3. The van der Waals surface area contributed by atoms with Crippen molar-refractivity contribution in [3.8, 4) is 77.0 Å². The first-order chi connectivity index (χ1) is 43.4. The van der Waals surface area contributed by atoms with Gasteiger partial charge in [0.2, 0.25) is 0 Å². The maximum Gasteiger partial charge on any atom is 0.255 e. The van der Waals surface area contributed by atoms with Crippen LogP contribution in [0.1, 0.15) is 21.0 Å². The van der Waals surface area contributed by atoms with E-state index in [0.717, 1.165) is 82.3 Å². The maximum absolute atomic E-state index is 14.2. The molecule has 19 rings (SSSR count). The van der Waals surface area contributed by atoms with Gasteiger partial charge in [-0.3, -0.25) is 19.6 Å². The van der Waals surface area contributed by atoms with E-state index >= 15 is 0 Å². The molecule has 0 fully saturated rings. The van der Waals surface area contributed by atoms with Crippen molar-refractivity contribution in [2.24, 2.45) is 0 Å². The number of benzene rings is 10. The van der Waals surface area contributed by atoms with E-state index in [0.29, 0.717) is 11.4 Å². The van der Waals surface area contributed by atoms with Gasteiger partial charge in [-0.25, -0.2) is 19.9 Å². The second kappa shape index (κ2) is 18.9. The Morgan fingerprint density at radius 2 is 0.682 bits per heavy atom. The third-order valence-corrected chi connectivity index (χ3v) is 22.1. The minimum atomic E-state index is -0.769. The van der Waals surface area contributed by atoms with Crippen molar-refractivity contribution >= 4 is 162 Å². The first-order valence-electron chi connectivity index (χ1n) is 28.7. The van der Waals surface area contributed by atoms with Crippen molar-refractivity contribution in [2.45, 2.75) is 0 Å². The molecular formula is C76H38N6O2S4. The Morgan fingerprint density at radius 3 is 1.18 bits per heavy atom. The number of carbonyl (C=O) groups is 2. The molecule has 18 aromatic rings. The summed E-state index contributed by atoms with van der Waals surface area (Å²) in [4.78, 5) is 60.4. The number of rotatable bonds is 6. The number of thiophene rings is 4. The van der Waals surface area contributed by atoms with Crippen molar-refractivity contribution < 1.29 is 9.59 Å². The lowest BCUT2D eigenvalue weighted by molar-refractivity contribution is 0.0809. The number of hydrogen-bond acceptors (Lipinski definition) is 12. The first kappa shape index (κ1) is 49.6. The normalized spacial score (nSPS) is 12.6. The van der Waals surface area contributed by atoms with E-state index in [2.05, 4.69) is 168 Å². The van der Waals surface area contributed by atoms with Crippen molar-refractivity contribution in [1.29, 1.82) is 0 Å². The molecule has 0 atom stereocenters. The van der Waals surface area contributed by atoms with Crippen LogP contribution in [0.3, 0.4) is 0 Å². The summed E-state index contributed by atoms with van der Waals surface area (Å²) in [5.74, 6) is -1.54. The Morgan fingerprint density at radius 1 is 0.284 bits per heavy atom. The lowest BCUT2D eigenvalue weighted by Crippen LogP contribution is -2.26. The maximum atomic E-state index is 14.2. The Kier molecular flexibility index (Phi) is 10.7. The molecule has 0 bridgehead atoms. The molecule has 0 spiro atoms. The number of nitrogens with zero attached hydrogens (tertiary/aromatic N) is 6. The highest BCUT2D eigenvalue weighted by molar-refractivity contribution is 7.29. The van der Waals surface area contributed by atoms with Crippen LogP contribution in [0.5, 0.6) is 0 Å². The molecule has 8 heterocycles. The van der Waals surface area contributed by atoms with E-state index in [-0.39, 0.29) is 22.8 Å². The lowest BCUT2D eigenvalue weighted by Gasteiger charge is -2.18. The van der Waals surface area contributed by atoms with Gasteiger partial charge in [0.1, 0.15) is 22.8 Å². The van der Waals surface area contributed by atoms with Gasteiger partial charge in [0, 0.05) is 66.3 Å². The number of carbonyl (C=O) groups excluding carboxylic acids is 2. The third-order valence-electron chi connectivity index (χ3n) is 17.5. The van der Waals surface area contributed by atoms with Gasteiger partial charge >= 0.3 is 0 Å². The molecule has 408 valence electrons. The molecule has 0 amide bonds. The van der Waals surface area contributed by atoms with Gasteiger partial charge < -0.3 is 0 Å². The molecule has 1 aliphatic rings. The number of Topliss-reactive ketones (excluding diaryl/α,β-unsaturated/α-hetero) is 2. The van der Waals surface area contributed by atoms with Gasteiger partial charge in [-0.15, -0.1) is 45.3 Å². The highest BCUT2D eigenvalue weighted by atomic mass is 32.1. The summed E-state index contributed by atoms with van der Waals surface area (Å²) in [6, 6.07) is 68.7. The minimum absolute atomic E-state index is 0.0344. The number of fused-ring (bicyclic) bond motifs is 16. The van der Waals surface area contributed by atoms with Crippen molar-refractivity contribution in [1.82, 2.24) is 29.9 Å². The van der Waals surface area contributed by atoms with Gasteiger partial charge in [0.25, 0.3) is 11.6 Å². The average molecular weight is 1200 g/mol. The topological polar surface area (TPSA) is 111 Å². The van der Waals surface area contributed by atoms with Gasteiger partial charge in [0.15, 0.2) is 0 Å². The predicted molar refractivity (Wildman–Crippen MR) is 366 cm³/mol. The van der Waals surface area contributed by atoms with E-state index in [9.17, 15) is 9.59 Å².